The molecule has 2 atom stereocenters. The predicted molar refractivity (Wildman–Crippen MR) is 276 cm³/mol. The van der Waals surface area contributed by atoms with Crippen molar-refractivity contribution >= 4 is 78.9 Å². The van der Waals surface area contributed by atoms with Gasteiger partial charge in [-0.2, -0.15) is 8.61 Å². The van der Waals surface area contributed by atoms with Crippen LogP contribution in [0.5, 0.6) is 0 Å². The molecule has 0 radical (unpaired) electrons. The second-order valence-corrected chi connectivity index (χ2v) is 24.1. The number of aliphatic hydroxyl groups is 2. The van der Waals surface area contributed by atoms with Crippen LogP contribution in [-0.4, -0.2) is 87.0 Å². The fraction of sp³-hybridized carbons (Fsp3) is 0.360. The molecule has 2 fully saturated rings. The Kier molecular flexibility index (Phi) is 17.8. The molecule has 0 aliphatic carbocycles. The third-order valence-corrected chi connectivity index (χ3v) is 18.5. The third kappa shape index (κ3) is 12.8. The van der Waals surface area contributed by atoms with Crippen LogP contribution in [0.2, 0.25) is 0 Å². The first-order valence-electron chi connectivity index (χ1n) is 21.7. The molecular formula is C50H62Cl2N4O6S4. The van der Waals surface area contributed by atoms with Crippen molar-refractivity contribution < 1.29 is 27.0 Å². The van der Waals surface area contributed by atoms with Gasteiger partial charge in [0.15, 0.2) is 0 Å². The average molecular weight is 1010 g/mol. The van der Waals surface area contributed by atoms with Crippen molar-refractivity contribution in [1.82, 2.24) is 8.61 Å². The maximum atomic E-state index is 13.2. The Hall–Kier alpha value is -3.80. The number of hydrogen-bond donors (Lipinski definition) is 2. The number of anilines is 2. The molecule has 2 aliphatic rings. The van der Waals surface area contributed by atoms with Crippen LogP contribution in [0, 0.1) is 13.8 Å². The second kappa shape index (κ2) is 22.1. The predicted octanol–water partition coefficient (Wildman–Crippen LogP) is 9.66. The summed E-state index contributed by atoms with van der Waals surface area (Å²) in [7, 11) is -6.98. The van der Waals surface area contributed by atoms with E-state index in [0.717, 1.165) is 35.3 Å². The summed E-state index contributed by atoms with van der Waals surface area (Å²) in [6.45, 7) is 14.2. The van der Waals surface area contributed by atoms with E-state index >= 15 is 0 Å². The molecule has 66 heavy (non-hydrogen) atoms. The Morgan fingerprint density at radius 3 is 1.20 bits per heavy atom. The molecule has 0 bridgehead atoms. The number of piperazine rings is 2. The van der Waals surface area contributed by atoms with Crippen LogP contribution >= 0.6 is 47.5 Å². The smallest absolute Gasteiger partial charge is 0.252 e. The number of aryl methyl sites for hydroxylation is 2. The minimum atomic E-state index is -3.49. The summed E-state index contributed by atoms with van der Waals surface area (Å²) < 4.78 is 56.8. The summed E-state index contributed by atoms with van der Waals surface area (Å²) in [5.41, 5.74) is 6.80. The first kappa shape index (κ1) is 53.2. The van der Waals surface area contributed by atoms with Gasteiger partial charge in [0.25, 0.3) is 20.0 Å². The molecule has 2 aromatic heterocycles. The average Bonchev–Trinajstić information content (AvgIpc) is 4.01. The Bertz CT molecular complexity index is 2500. The molecule has 0 spiro atoms. The van der Waals surface area contributed by atoms with E-state index in [4.69, 9.17) is 0 Å². The number of hydrogen-bond acceptors (Lipinski definition) is 10. The number of nitrogens with zero attached hydrogens (tertiary/aromatic N) is 4. The van der Waals surface area contributed by atoms with Gasteiger partial charge in [0.05, 0.1) is 11.2 Å². The quantitative estimate of drug-likeness (QED) is 0.124. The van der Waals surface area contributed by atoms with Crippen LogP contribution in [0.1, 0.15) is 61.1 Å². The maximum absolute atomic E-state index is 13.2. The van der Waals surface area contributed by atoms with Gasteiger partial charge in [-0.1, -0.05) is 96.1 Å². The van der Waals surface area contributed by atoms with E-state index in [2.05, 4.69) is 72.2 Å². The lowest BCUT2D eigenvalue weighted by molar-refractivity contribution is 0.0780. The summed E-state index contributed by atoms with van der Waals surface area (Å²) in [6, 6.07) is 39.7. The van der Waals surface area contributed by atoms with E-state index in [-0.39, 0.29) is 36.9 Å². The zero-order valence-corrected chi connectivity index (χ0v) is 43.2. The van der Waals surface area contributed by atoms with Crippen molar-refractivity contribution in [2.24, 2.45) is 0 Å². The lowest BCUT2D eigenvalue weighted by Gasteiger charge is -2.42. The Balaban J connectivity index is 0.000000240. The lowest BCUT2D eigenvalue weighted by atomic mass is 9.97. The molecule has 2 N–H and O–H groups in total. The first-order valence-corrected chi connectivity index (χ1v) is 26.3. The van der Waals surface area contributed by atoms with Crippen LogP contribution < -0.4 is 9.80 Å². The molecule has 10 nitrogen and oxygen atoms in total. The normalized spacial score (nSPS) is 17.6. The highest BCUT2D eigenvalue weighted by molar-refractivity contribution is 7.91. The third-order valence-electron chi connectivity index (χ3n) is 12.0. The Labute approximate surface area is 412 Å². The standard InChI is InChI=1S/2C25H30N2O3S2.2ClH/c2*1-19-6-4-7-20(16-19)17-23-18-26(32(29,30)24-8-5-15-31-24)13-14-27(23)22-11-9-21(10-12-22)25(2,3)28;;/h2*4-12,15-16,23,28H,13-14,17-18H2,1-3H3;2*1H/t2*23-;;/m10../s1. The monoisotopic (exact) mass is 1010 g/mol. The van der Waals surface area contributed by atoms with E-state index in [1.54, 1.807) is 71.3 Å². The van der Waals surface area contributed by atoms with Gasteiger partial charge in [-0.25, -0.2) is 16.8 Å². The van der Waals surface area contributed by atoms with Crippen LogP contribution in [-0.2, 0) is 44.1 Å². The van der Waals surface area contributed by atoms with E-state index in [0.29, 0.717) is 47.7 Å². The Morgan fingerprint density at radius 1 is 0.530 bits per heavy atom. The lowest BCUT2D eigenvalue weighted by Crippen LogP contribution is -2.55. The van der Waals surface area contributed by atoms with Crippen LogP contribution in [0.3, 0.4) is 0 Å². The van der Waals surface area contributed by atoms with Crippen molar-refractivity contribution in [2.45, 2.75) is 86.1 Å². The van der Waals surface area contributed by atoms with Crippen molar-refractivity contribution in [3.8, 4) is 0 Å². The van der Waals surface area contributed by atoms with Gasteiger partial charge >= 0.3 is 0 Å². The molecule has 4 aromatic carbocycles. The van der Waals surface area contributed by atoms with Crippen LogP contribution in [0.25, 0.3) is 0 Å². The summed E-state index contributed by atoms with van der Waals surface area (Å²) in [4.78, 5) is 4.61. The molecule has 6 aromatic rings. The minimum absolute atomic E-state index is 0. The van der Waals surface area contributed by atoms with Gasteiger partial charge in [-0.05, 0) is 124 Å². The number of benzene rings is 4. The van der Waals surface area contributed by atoms with E-state index < -0.39 is 31.2 Å². The first-order chi connectivity index (χ1) is 30.3. The highest BCUT2D eigenvalue weighted by Gasteiger charge is 2.37. The zero-order valence-electron chi connectivity index (χ0n) is 38.3. The van der Waals surface area contributed by atoms with Crippen LogP contribution in [0.15, 0.2) is 141 Å². The van der Waals surface area contributed by atoms with Gasteiger partial charge in [0.1, 0.15) is 8.42 Å². The van der Waals surface area contributed by atoms with E-state index in [1.807, 2.05) is 48.5 Å². The van der Waals surface area contributed by atoms with Crippen LogP contribution in [0.4, 0.5) is 11.4 Å². The van der Waals surface area contributed by atoms with Crippen molar-refractivity contribution in [3.63, 3.8) is 0 Å². The Morgan fingerprint density at radius 2 is 0.894 bits per heavy atom. The van der Waals surface area contributed by atoms with E-state index in [9.17, 15) is 27.0 Å². The second-order valence-electron chi connectivity index (χ2n) is 17.9. The highest BCUT2D eigenvalue weighted by atomic mass is 35.5. The molecular weight excluding hydrogens is 952 g/mol. The summed E-state index contributed by atoms with van der Waals surface area (Å²) in [5.74, 6) is 0. The molecule has 356 valence electrons. The fourth-order valence-corrected chi connectivity index (χ4v) is 13.8. The van der Waals surface area contributed by atoms with Gasteiger partial charge in [0, 0.05) is 62.7 Å². The molecule has 16 heteroatoms. The SMILES string of the molecule is Cc1cccc(C[C@@H]2CN(S(=O)(=O)c3cccs3)CCN2c2ccc(C(C)(C)O)cc2)c1.Cc1cccc(C[C@H]2CN(S(=O)(=O)c3cccs3)CCN2c2ccc(C(C)(C)O)cc2)c1.Cl.Cl. The molecule has 2 saturated heterocycles. The highest BCUT2D eigenvalue weighted by Crippen LogP contribution is 2.32. The number of rotatable bonds is 12. The molecule has 0 saturated carbocycles. The number of sulfonamides is 2. The van der Waals surface area contributed by atoms with Crippen molar-refractivity contribution in [2.75, 3.05) is 49.1 Å². The van der Waals surface area contributed by atoms with E-state index in [1.165, 1.54) is 44.9 Å². The number of halogens is 2. The van der Waals surface area contributed by atoms with Gasteiger partial charge in [-0.15, -0.1) is 47.5 Å². The summed E-state index contributed by atoms with van der Waals surface area (Å²) in [5, 5.41) is 24.2. The topological polar surface area (TPSA) is 122 Å². The zero-order chi connectivity index (χ0) is 45.9. The van der Waals surface area contributed by atoms with Gasteiger partial charge in [0.2, 0.25) is 0 Å². The largest absolute Gasteiger partial charge is 0.386 e. The summed E-state index contributed by atoms with van der Waals surface area (Å²) >= 11 is 2.53. The maximum Gasteiger partial charge on any atom is 0.252 e. The molecule has 0 unspecified atom stereocenters. The summed E-state index contributed by atoms with van der Waals surface area (Å²) in [6.07, 6.45) is 1.51. The molecule has 2 aliphatic heterocycles. The minimum Gasteiger partial charge on any atom is -0.386 e. The van der Waals surface area contributed by atoms with Gasteiger partial charge < -0.3 is 20.0 Å². The fourth-order valence-electron chi connectivity index (χ4n) is 8.54. The molecule has 4 heterocycles. The van der Waals surface area contributed by atoms with Gasteiger partial charge in [-0.3, -0.25) is 0 Å². The molecule has 0 amide bonds. The molecule has 8 rings (SSSR count). The van der Waals surface area contributed by atoms with Crippen molar-refractivity contribution in [1.29, 1.82) is 0 Å². The van der Waals surface area contributed by atoms with Crippen molar-refractivity contribution in [3.05, 3.63) is 165 Å². The number of thiophene rings is 2.